The second kappa shape index (κ2) is 8.96. The minimum atomic E-state index is -0.350. The molecule has 0 radical (unpaired) electrons. The summed E-state index contributed by atoms with van der Waals surface area (Å²) in [6.07, 6.45) is 3.45. The first-order valence-electron chi connectivity index (χ1n) is 8.53. The van der Waals surface area contributed by atoms with Crippen LogP contribution in [0.3, 0.4) is 0 Å². The Balaban J connectivity index is 3.24. The highest BCUT2D eigenvalue weighted by Gasteiger charge is 2.37. The third kappa shape index (κ3) is 4.59. The minimum Gasteiger partial charge on any atom is -0.463 e. The van der Waals surface area contributed by atoms with E-state index in [0.717, 1.165) is 19.3 Å². The highest BCUT2D eigenvalue weighted by atomic mass is 16.5. The largest absolute Gasteiger partial charge is 0.463 e. The van der Waals surface area contributed by atoms with Crippen molar-refractivity contribution in [3.8, 4) is 0 Å². The molecule has 0 amide bonds. The maximum Gasteiger partial charge on any atom is 0.334 e. The van der Waals surface area contributed by atoms with E-state index in [1.165, 1.54) is 0 Å². The summed E-state index contributed by atoms with van der Waals surface area (Å²) in [7, 11) is 0. The van der Waals surface area contributed by atoms with Crippen molar-refractivity contribution in [1.29, 1.82) is 0 Å². The molecule has 0 fully saturated rings. The van der Waals surface area contributed by atoms with E-state index in [4.69, 9.17) is 9.47 Å². The number of esters is 2. The molecule has 0 saturated heterocycles. The molecule has 4 heteroatoms. The molecule has 0 aliphatic heterocycles. The fraction of sp³-hybridized carbons (Fsp3) is 0.778. The van der Waals surface area contributed by atoms with Gasteiger partial charge >= 0.3 is 11.9 Å². The SMILES string of the molecule is CCCC1CC(C(C)C)CC(C(=O)OCC)=C1C(=O)OCC. The molecule has 2 atom stereocenters. The second-order valence-electron chi connectivity index (χ2n) is 6.26. The quantitative estimate of drug-likeness (QED) is 0.669. The number of rotatable bonds is 7. The van der Waals surface area contributed by atoms with Gasteiger partial charge in [0.15, 0.2) is 0 Å². The van der Waals surface area contributed by atoms with Crippen molar-refractivity contribution in [3.05, 3.63) is 11.1 Å². The van der Waals surface area contributed by atoms with Crippen LogP contribution in [0.25, 0.3) is 0 Å². The molecule has 4 nitrogen and oxygen atoms in total. The molecule has 0 aromatic heterocycles. The first-order chi connectivity index (χ1) is 10.5. The number of hydrogen-bond donors (Lipinski definition) is 0. The van der Waals surface area contributed by atoms with Gasteiger partial charge in [0.2, 0.25) is 0 Å². The zero-order chi connectivity index (χ0) is 16.7. The molecule has 0 spiro atoms. The van der Waals surface area contributed by atoms with Crippen molar-refractivity contribution in [1.82, 2.24) is 0 Å². The molecule has 0 heterocycles. The van der Waals surface area contributed by atoms with Crippen LogP contribution >= 0.6 is 0 Å². The maximum atomic E-state index is 12.4. The maximum absolute atomic E-state index is 12.4. The van der Waals surface area contributed by atoms with E-state index in [2.05, 4.69) is 20.8 Å². The molecular formula is C18H30O4. The number of carbonyl (C=O) groups is 2. The molecule has 0 aromatic carbocycles. The number of carbonyl (C=O) groups excluding carboxylic acids is 2. The van der Waals surface area contributed by atoms with Crippen LogP contribution in [0.15, 0.2) is 11.1 Å². The van der Waals surface area contributed by atoms with E-state index < -0.39 is 0 Å². The van der Waals surface area contributed by atoms with Crippen molar-refractivity contribution >= 4 is 11.9 Å². The van der Waals surface area contributed by atoms with Gasteiger partial charge in [-0.05, 0) is 50.9 Å². The second-order valence-corrected chi connectivity index (χ2v) is 6.26. The van der Waals surface area contributed by atoms with Crippen LogP contribution in [0.1, 0.15) is 60.3 Å². The van der Waals surface area contributed by atoms with Gasteiger partial charge in [-0.1, -0.05) is 27.2 Å². The van der Waals surface area contributed by atoms with Crippen molar-refractivity contribution in [2.24, 2.45) is 17.8 Å². The molecule has 0 N–H and O–H groups in total. The van der Waals surface area contributed by atoms with Crippen LogP contribution in [0, 0.1) is 17.8 Å². The molecule has 0 aromatic rings. The zero-order valence-electron chi connectivity index (χ0n) is 14.6. The molecule has 0 bridgehead atoms. The van der Waals surface area contributed by atoms with Crippen LogP contribution in [-0.2, 0) is 19.1 Å². The van der Waals surface area contributed by atoms with Gasteiger partial charge in [0.1, 0.15) is 0 Å². The van der Waals surface area contributed by atoms with Crippen molar-refractivity contribution < 1.29 is 19.1 Å². The first-order valence-corrected chi connectivity index (χ1v) is 8.53. The Morgan fingerprint density at radius 2 is 1.68 bits per heavy atom. The lowest BCUT2D eigenvalue weighted by Gasteiger charge is -2.34. The van der Waals surface area contributed by atoms with E-state index in [1.807, 2.05) is 0 Å². The molecule has 0 saturated carbocycles. The normalized spacial score (nSPS) is 21.9. The summed E-state index contributed by atoms with van der Waals surface area (Å²) >= 11 is 0. The van der Waals surface area contributed by atoms with E-state index in [9.17, 15) is 9.59 Å². The van der Waals surface area contributed by atoms with Crippen molar-refractivity contribution in [2.75, 3.05) is 13.2 Å². The van der Waals surface area contributed by atoms with Crippen LogP contribution in [-0.4, -0.2) is 25.2 Å². The predicted molar refractivity (Wildman–Crippen MR) is 86.3 cm³/mol. The Kier molecular flexibility index (Phi) is 7.63. The third-order valence-electron chi connectivity index (χ3n) is 4.38. The molecule has 1 rings (SSSR count). The van der Waals surface area contributed by atoms with Gasteiger partial charge in [0, 0.05) is 5.57 Å². The van der Waals surface area contributed by atoms with Crippen molar-refractivity contribution in [2.45, 2.75) is 60.3 Å². The average Bonchev–Trinajstić information content (AvgIpc) is 2.47. The monoisotopic (exact) mass is 310 g/mol. The zero-order valence-corrected chi connectivity index (χ0v) is 14.6. The molecule has 1 aliphatic rings. The van der Waals surface area contributed by atoms with Gasteiger partial charge in [-0.25, -0.2) is 9.59 Å². The fourth-order valence-electron chi connectivity index (χ4n) is 3.21. The van der Waals surface area contributed by atoms with E-state index in [1.54, 1.807) is 13.8 Å². The fourth-order valence-corrected chi connectivity index (χ4v) is 3.21. The standard InChI is InChI=1S/C18H30O4/c1-6-9-13-10-14(12(4)5)11-15(17(19)21-7-2)16(13)18(20)22-8-3/h12-14H,6-11H2,1-5H3. The lowest BCUT2D eigenvalue weighted by molar-refractivity contribution is -0.143. The summed E-state index contributed by atoms with van der Waals surface area (Å²) in [5, 5.41) is 0. The number of hydrogen-bond acceptors (Lipinski definition) is 4. The summed E-state index contributed by atoms with van der Waals surface area (Å²) in [6.45, 7) is 10.7. The Morgan fingerprint density at radius 1 is 1.09 bits per heavy atom. The Hall–Kier alpha value is -1.32. The van der Waals surface area contributed by atoms with E-state index in [-0.39, 0.29) is 17.9 Å². The smallest absolute Gasteiger partial charge is 0.334 e. The van der Waals surface area contributed by atoms with Gasteiger partial charge in [-0.3, -0.25) is 0 Å². The highest BCUT2D eigenvalue weighted by Crippen LogP contribution is 2.40. The van der Waals surface area contributed by atoms with Gasteiger partial charge in [0.05, 0.1) is 18.8 Å². The van der Waals surface area contributed by atoms with Crippen LogP contribution < -0.4 is 0 Å². The molecule has 2 unspecified atom stereocenters. The van der Waals surface area contributed by atoms with Gasteiger partial charge < -0.3 is 9.47 Å². The molecule has 22 heavy (non-hydrogen) atoms. The minimum absolute atomic E-state index is 0.101. The summed E-state index contributed by atoms with van der Waals surface area (Å²) < 4.78 is 10.4. The third-order valence-corrected chi connectivity index (χ3v) is 4.38. The molecular weight excluding hydrogens is 280 g/mol. The van der Waals surface area contributed by atoms with Gasteiger partial charge in [-0.2, -0.15) is 0 Å². The van der Waals surface area contributed by atoms with Gasteiger partial charge in [0.25, 0.3) is 0 Å². The Morgan fingerprint density at radius 3 is 2.18 bits per heavy atom. The van der Waals surface area contributed by atoms with Crippen LogP contribution in [0.2, 0.25) is 0 Å². The average molecular weight is 310 g/mol. The Bertz CT molecular complexity index is 423. The summed E-state index contributed by atoms with van der Waals surface area (Å²) in [6, 6.07) is 0. The first kappa shape index (κ1) is 18.7. The van der Waals surface area contributed by atoms with E-state index in [0.29, 0.717) is 42.6 Å². The van der Waals surface area contributed by atoms with Crippen LogP contribution in [0.4, 0.5) is 0 Å². The predicted octanol–water partition coefficient (Wildman–Crippen LogP) is 3.89. The summed E-state index contributed by atoms with van der Waals surface area (Å²) in [5.74, 6) is 0.300. The Labute approximate surface area is 134 Å². The van der Waals surface area contributed by atoms with E-state index >= 15 is 0 Å². The topological polar surface area (TPSA) is 52.6 Å². The van der Waals surface area contributed by atoms with Crippen LogP contribution in [0.5, 0.6) is 0 Å². The molecule has 126 valence electrons. The summed E-state index contributed by atoms with van der Waals surface area (Å²) in [4.78, 5) is 24.7. The van der Waals surface area contributed by atoms with Gasteiger partial charge in [-0.15, -0.1) is 0 Å². The lowest BCUT2D eigenvalue weighted by atomic mass is 9.71. The lowest BCUT2D eigenvalue weighted by Crippen LogP contribution is -2.31. The van der Waals surface area contributed by atoms with Crippen molar-refractivity contribution in [3.63, 3.8) is 0 Å². The highest BCUT2D eigenvalue weighted by molar-refractivity contribution is 6.01. The number of ether oxygens (including phenoxy) is 2. The molecule has 1 aliphatic carbocycles. The summed E-state index contributed by atoms with van der Waals surface area (Å²) in [5.41, 5.74) is 1.11.